The predicted molar refractivity (Wildman–Crippen MR) is 350 cm³/mol. The van der Waals surface area contributed by atoms with Gasteiger partial charge in [0, 0.05) is 135 Å². The first-order chi connectivity index (χ1) is 38.3. The van der Waals surface area contributed by atoms with Gasteiger partial charge in [-0.05, 0) is 162 Å². The summed E-state index contributed by atoms with van der Waals surface area (Å²) >= 11 is 0. The van der Waals surface area contributed by atoms with Crippen LogP contribution in [-0.2, 0) is 0 Å². The summed E-state index contributed by atoms with van der Waals surface area (Å²) in [5, 5.41) is 14.9. The van der Waals surface area contributed by atoms with Gasteiger partial charge < -0.3 is 123 Å². The number of rotatable bonds is 39. The van der Waals surface area contributed by atoms with Crippen LogP contribution in [0.25, 0.3) is 0 Å². The Hall–Kier alpha value is -0.920. The maximum absolute atomic E-state index is 8.25. The second kappa shape index (κ2) is 88.3. The molecule has 0 radical (unpaired) electrons. The number of likely N-dealkylation sites (N-methyl/N-ethyl adjacent to an activating group) is 1. The van der Waals surface area contributed by atoms with Crippen molar-refractivity contribution in [1.29, 1.82) is 0 Å². The highest BCUT2D eigenvalue weighted by molar-refractivity contribution is 4.80. The molecule has 0 unspecified atom stereocenters. The number of aliphatic hydroxyl groups is 1. The van der Waals surface area contributed by atoms with E-state index in [0.29, 0.717) is 26.2 Å². The van der Waals surface area contributed by atoms with E-state index in [4.69, 9.17) is 103 Å². The van der Waals surface area contributed by atoms with Crippen LogP contribution in [0.3, 0.4) is 0 Å². The zero-order chi connectivity index (χ0) is 61.1. The average Bonchev–Trinajstić information content (AvgIpc) is 3.44. The van der Waals surface area contributed by atoms with Gasteiger partial charge in [-0.3, -0.25) is 4.90 Å². The van der Waals surface area contributed by atoms with Gasteiger partial charge in [-0.1, -0.05) is 65.2 Å². The first-order valence-corrected chi connectivity index (χ1v) is 31.6. The van der Waals surface area contributed by atoms with Crippen LogP contribution in [0, 0.1) is 0 Å². The second-order valence-corrected chi connectivity index (χ2v) is 20.3. The van der Waals surface area contributed by atoms with Gasteiger partial charge in [0.25, 0.3) is 0 Å². The monoisotopic (exact) mass is 1150 g/mol. The van der Waals surface area contributed by atoms with E-state index < -0.39 is 0 Å². The predicted octanol–water partition coefficient (Wildman–Crippen LogP) is -1.60. The summed E-state index contributed by atoms with van der Waals surface area (Å²) in [4.78, 5) is 6.57. The molecule has 0 aromatic carbocycles. The molecule has 0 amide bonds. The van der Waals surface area contributed by atoms with Crippen molar-refractivity contribution in [2.45, 2.75) is 186 Å². The van der Waals surface area contributed by atoms with E-state index in [1.54, 1.807) is 0 Å². The van der Waals surface area contributed by atoms with Crippen molar-refractivity contribution in [3.8, 4) is 0 Å². The Bertz CT molecular complexity index is 837. The zero-order valence-corrected chi connectivity index (χ0v) is 52.6. The Morgan fingerprint density at radius 3 is 0.848 bits per heavy atom. The summed E-state index contributed by atoms with van der Waals surface area (Å²) in [6.07, 6.45) is 27.1. The number of hydrogen-bond donors (Lipinski definition) is 20. The maximum atomic E-state index is 8.25. The third kappa shape index (κ3) is 93.7. The highest BCUT2D eigenvalue weighted by Crippen LogP contribution is 2.15. The molecule has 37 N–H and O–H groups in total. The van der Waals surface area contributed by atoms with Crippen LogP contribution >= 0.6 is 0 Å². The van der Waals surface area contributed by atoms with Gasteiger partial charge in [0.15, 0.2) is 0 Å². The Morgan fingerprint density at radius 1 is 0.316 bits per heavy atom. The van der Waals surface area contributed by atoms with E-state index in [9.17, 15) is 0 Å². The lowest BCUT2D eigenvalue weighted by molar-refractivity contribution is 0.283. The van der Waals surface area contributed by atoms with Gasteiger partial charge in [0.1, 0.15) is 0 Å². The zero-order valence-electron chi connectivity index (χ0n) is 52.6. The first-order valence-electron chi connectivity index (χ1n) is 31.6. The Labute approximate surface area is 489 Å². The standard InChI is InChI=1S/C10H25N3.C7H19N3.C6H18N4.2C6H14N2.C6H16N2.C5H15N3.C5H14N2.C5H13NO/c1-2-7-12-8-4-3-5-9-13-10-6-11;1-2-5-10(6-3-8)7-4-9;7-1-4-10(5-2-8)6-3-9;2*7-5-3-1-2-4-6(5)8;7-5-3-1-2-4-6-8;1-8(4-2-6)5-3-7;2*6-4-2-1-3-5-7/h12-13H,2-11H2,1H3;2-9H2,1H3;1-9H2;2*5-6H,1-4,7-8H2;1-8H2;2-7H2,1H3;1-7H2;7H,1-6H2/t;;;5-,6+;5-,6-;;;;/m....1..../s1. The number of unbranched alkanes of at least 4 members (excludes halogenated alkanes) is 9. The third-order valence-electron chi connectivity index (χ3n) is 12.4. The molecule has 2 fully saturated rings. The number of hydrogen-bond acceptors (Lipinski definition) is 23. The third-order valence-corrected chi connectivity index (χ3v) is 12.4. The van der Waals surface area contributed by atoms with Gasteiger partial charge in [-0.25, -0.2) is 0 Å². The molecule has 2 aliphatic carbocycles. The normalized spacial score (nSPS) is 16.3. The fraction of sp³-hybridized carbons (Fsp3) is 1.00. The van der Waals surface area contributed by atoms with E-state index in [-0.39, 0.29) is 24.2 Å². The van der Waals surface area contributed by atoms with Crippen molar-refractivity contribution >= 4 is 0 Å². The quantitative estimate of drug-likeness (QED) is 0.0308. The van der Waals surface area contributed by atoms with Crippen molar-refractivity contribution < 1.29 is 5.11 Å². The van der Waals surface area contributed by atoms with Gasteiger partial charge >= 0.3 is 0 Å². The molecule has 2 saturated carbocycles. The van der Waals surface area contributed by atoms with Gasteiger partial charge in [-0.2, -0.15) is 0 Å². The molecule has 23 heteroatoms. The van der Waals surface area contributed by atoms with E-state index in [2.05, 4.69) is 39.2 Å². The lowest BCUT2D eigenvalue weighted by Crippen LogP contribution is -2.43. The van der Waals surface area contributed by atoms with Crippen molar-refractivity contribution in [3.63, 3.8) is 0 Å². The molecule has 0 saturated heterocycles. The van der Waals surface area contributed by atoms with Crippen LogP contribution in [-0.4, -0.2) is 221 Å². The molecule has 2 aliphatic rings. The van der Waals surface area contributed by atoms with Crippen LogP contribution in [0.2, 0.25) is 0 Å². The Kier molecular flexibility index (Phi) is 103. The van der Waals surface area contributed by atoms with E-state index >= 15 is 0 Å². The van der Waals surface area contributed by atoms with Crippen molar-refractivity contribution in [1.82, 2.24) is 25.3 Å². The fourth-order valence-electron chi connectivity index (χ4n) is 7.58. The topological polar surface area (TPSA) is 496 Å². The number of nitrogens with one attached hydrogen (secondary N) is 2. The molecule has 79 heavy (non-hydrogen) atoms. The summed E-state index contributed by atoms with van der Waals surface area (Å²) in [5.41, 5.74) is 91.6. The number of aliphatic hydroxyl groups excluding tert-OH is 1. The molecule has 488 valence electrons. The minimum atomic E-state index is 0.281. The minimum Gasteiger partial charge on any atom is -0.396 e. The molecular weight excluding hydrogens is 997 g/mol. The summed E-state index contributed by atoms with van der Waals surface area (Å²) < 4.78 is 0. The molecule has 0 bridgehead atoms. The number of nitrogens with two attached hydrogens (primary N) is 17. The molecule has 0 aromatic rings. The summed E-state index contributed by atoms with van der Waals surface area (Å²) in [6.45, 7) is 26.4. The average molecular weight is 1150 g/mol. The SMILES string of the molecule is CCCN(CCN)CCN.CCCNCCCCCNCCN.CN(CCN)CCN.NCCCCCCN.NCCCCCN.NCCCCCO.NCCN(CCN)CCN.N[C@@H]1CCCC[C@@H]1N.N[C@@H]1CCCC[C@H]1N. The lowest BCUT2D eigenvalue weighted by atomic mass is 9.92. The minimum absolute atomic E-state index is 0.281. The largest absolute Gasteiger partial charge is 0.396 e. The van der Waals surface area contributed by atoms with Crippen LogP contribution in [0.4, 0.5) is 0 Å². The van der Waals surface area contributed by atoms with Crippen LogP contribution in [0.15, 0.2) is 0 Å². The van der Waals surface area contributed by atoms with Crippen LogP contribution in [0.1, 0.15) is 162 Å². The molecule has 2 rings (SSSR count). The second-order valence-electron chi connectivity index (χ2n) is 20.3. The molecule has 23 nitrogen and oxygen atoms in total. The molecule has 0 aliphatic heterocycles. The first kappa shape index (κ1) is 91.8. The Balaban J connectivity index is -0.000000149. The molecule has 0 spiro atoms. The smallest absolute Gasteiger partial charge is 0.0431 e. The summed E-state index contributed by atoms with van der Waals surface area (Å²) in [6, 6.07) is 1.12. The maximum Gasteiger partial charge on any atom is 0.0431 e. The fourth-order valence-corrected chi connectivity index (χ4v) is 7.58. The van der Waals surface area contributed by atoms with Gasteiger partial charge in [-0.15, -0.1) is 0 Å². The molecule has 0 aromatic heterocycles. The van der Waals surface area contributed by atoms with E-state index in [0.717, 1.165) is 208 Å². The number of nitrogens with zero attached hydrogens (tertiary/aromatic N) is 3. The van der Waals surface area contributed by atoms with E-state index in [1.807, 2.05) is 7.05 Å². The van der Waals surface area contributed by atoms with Gasteiger partial charge in [0.2, 0.25) is 0 Å². The van der Waals surface area contributed by atoms with Crippen LogP contribution in [0.5, 0.6) is 0 Å². The molecule has 0 heterocycles. The van der Waals surface area contributed by atoms with Crippen molar-refractivity contribution in [2.24, 2.45) is 97.5 Å². The van der Waals surface area contributed by atoms with Crippen molar-refractivity contribution in [3.05, 3.63) is 0 Å². The summed E-state index contributed by atoms with van der Waals surface area (Å²) in [7, 11) is 2.01. The van der Waals surface area contributed by atoms with Crippen molar-refractivity contribution in [2.75, 3.05) is 177 Å². The van der Waals surface area contributed by atoms with Gasteiger partial charge in [0.05, 0.1) is 0 Å². The van der Waals surface area contributed by atoms with E-state index in [1.165, 1.54) is 83.6 Å². The highest BCUT2D eigenvalue weighted by Gasteiger charge is 2.17. The highest BCUT2D eigenvalue weighted by atomic mass is 16.3. The molecule has 4 atom stereocenters. The molecular formula is C56H148N22O. The Morgan fingerprint density at radius 2 is 0.595 bits per heavy atom. The lowest BCUT2D eigenvalue weighted by Gasteiger charge is -2.24. The van der Waals surface area contributed by atoms with Crippen LogP contribution < -0.4 is 108 Å². The summed E-state index contributed by atoms with van der Waals surface area (Å²) in [5.74, 6) is 0.